The SMILES string of the molecule is N#C[C]1CCSC1. The highest BCUT2D eigenvalue weighted by molar-refractivity contribution is 7.99. The summed E-state index contributed by atoms with van der Waals surface area (Å²) in [7, 11) is 0. The molecule has 0 saturated carbocycles. The molecule has 1 fully saturated rings. The Kier molecular flexibility index (Phi) is 1.59. The normalized spacial score (nSPS) is 22.1. The fourth-order valence-corrected chi connectivity index (χ4v) is 1.54. The maximum Gasteiger partial charge on any atom is 0.0865 e. The molecule has 37 valence electrons. The van der Waals surface area contributed by atoms with Crippen molar-refractivity contribution in [2.75, 3.05) is 11.5 Å². The predicted octanol–water partition coefficient (Wildman–Crippen LogP) is 1.22. The molecule has 1 aliphatic heterocycles. The Labute approximate surface area is 47.7 Å². The monoisotopic (exact) mass is 112 g/mol. The van der Waals surface area contributed by atoms with Gasteiger partial charge in [-0.05, 0) is 12.2 Å². The average molecular weight is 112 g/mol. The van der Waals surface area contributed by atoms with Gasteiger partial charge in [0.1, 0.15) is 0 Å². The summed E-state index contributed by atoms with van der Waals surface area (Å²) in [6.45, 7) is 0. The van der Waals surface area contributed by atoms with E-state index in [0.717, 1.165) is 23.8 Å². The first kappa shape index (κ1) is 4.99. The maximum atomic E-state index is 8.27. The van der Waals surface area contributed by atoms with Gasteiger partial charge in [0.05, 0.1) is 12.0 Å². The Hall–Kier alpha value is -0.160. The molecule has 0 bridgehead atoms. The predicted molar refractivity (Wildman–Crippen MR) is 30.8 cm³/mol. The molecular weight excluding hydrogens is 106 g/mol. The Morgan fingerprint density at radius 1 is 1.71 bits per heavy atom. The second kappa shape index (κ2) is 2.23. The van der Waals surface area contributed by atoms with Gasteiger partial charge in [-0.3, -0.25) is 0 Å². The summed E-state index contributed by atoms with van der Waals surface area (Å²) in [5.74, 6) is 3.20. The van der Waals surface area contributed by atoms with Crippen LogP contribution < -0.4 is 0 Å². The van der Waals surface area contributed by atoms with Crippen molar-refractivity contribution < 1.29 is 0 Å². The Morgan fingerprint density at radius 3 is 2.86 bits per heavy atom. The smallest absolute Gasteiger partial charge is 0.0865 e. The number of nitriles is 1. The van der Waals surface area contributed by atoms with E-state index in [1.807, 2.05) is 11.8 Å². The minimum absolute atomic E-state index is 0.983. The van der Waals surface area contributed by atoms with E-state index in [2.05, 4.69) is 6.07 Å². The van der Waals surface area contributed by atoms with Gasteiger partial charge < -0.3 is 0 Å². The number of rotatable bonds is 0. The molecule has 0 unspecified atom stereocenters. The van der Waals surface area contributed by atoms with E-state index in [4.69, 9.17) is 5.26 Å². The first-order chi connectivity index (χ1) is 3.43. The first-order valence-electron chi connectivity index (χ1n) is 2.26. The zero-order valence-electron chi connectivity index (χ0n) is 3.98. The molecule has 0 N–H and O–H groups in total. The molecule has 1 aliphatic rings. The molecule has 2 heteroatoms. The Balaban J connectivity index is 2.31. The third-order valence-electron chi connectivity index (χ3n) is 0.983. The zero-order chi connectivity index (χ0) is 5.11. The molecule has 1 nitrogen and oxygen atoms in total. The number of nitrogens with zero attached hydrogens (tertiary/aromatic N) is 1. The molecule has 0 aliphatic carbocycles. The lowest BCUT2D eigenvalue weighted by Gasteiger charge is -1.85. The van der Waals surface area contributed by atoms with Crippen LogP contribution in [-0.4, -0.2) is 11.5 Å². The van der Waals surface area contributed by atoms with Gasteiger partial charge in [-0.1, -0.05) is 0 Å². The van der Waals surface area contributed by atoms with Crippen molar-refractivity contribution in [3.8, 4) is 6.07 Å². The molecule has 1 radical (unpaired) electrons. The van der Waals surface area contributed by atoms with Crippen LogP contribution in [0.2, 0.25) is 0 Å². The lowest BCUT2D eigenvalue weighted by atomic mass is 10.2. The molecular formula is C5H6NS. The summed E-state index contributed by atoms with van der Waals surface area (Å²) in [5, 5.41) is 8.27. The van der Waals surface area contributed by atoms with Crippen molar-refractivity contribution in [2.45, 2.75) is 6.42 Å². The van der Waals surface area contributed by atoms with Gasteiger partial charge >= 0.3 is 0 Å². The molecule has 0 aromatic rings. The van der Waals surface area contributed by atoms with E-state index in [9.17, 15) is 0 Å². The van der Waals surface area contributed by atoms with Crippen LogP contribution >= 0.6 is 11.8 Å². The van der Waals surface area contributed by atoms with Gasteiger partial charge in [0.15, 0.2) is 0 Å². The Morgan fingerprint density at radius 2 is 2.57 bits per heavy atom. The highest BCUT2D eigenvalue weighted by Gasteiger charge is 2.14. The van der Waals surface area contributed by atoms with Crippen molar-refractivity contribution in [2.24, 2.45) is 0 Å². The lowest BCUT2D eigenvalue weighted by molar-refractivity contribution is 1.06. The van der Waals surface area contributed by atoms with E-state index in [1.165, 1.54) is 0 Å². The largest absolute Gasteiger partial charge is 0.198 e. The fourth-order valence-electron chi connectivity index (χ4n) is 0.551. The van der Waals surface area contributed by atoms with Crippen LogP contribution in [0.1, 0.15) is 6.42 Å². The lowest BCUT2D eigenvalue weighted by Crippen LogP contribution is -1.86. The highest BCUT2D eigenvalue weighted by Crippen LogP contribution is 2.23. The molecule has 1 heterocycles. The Bertz CT molecular complexity index is 88.7. The quantitative estimate of drug-likeness (QED) is 0.470. The second-order valence-corrected chi connectivity index (χ2v) is 2.62. The minimum atomic E-state index is 0.983. The zero-order valence-corrected chi connectivity index (χ0v) is 4.79. The first-order valence-corrected chi connectivity index (χ1v) is 3.41. The maximum absolute atomic E-state index is 8.27. The summed E-state index contributed by atoms with van der Waals surface area (Å²) >= 11 is 1.85. The van der Waals surface area contributed by atoms with Crippen LogP contribution in [0.5, 0.6) is 0 Å². The van der Waals surface area contributed by atoms with Crippen LogP contribution in [0.15, 0.2) is 0 Å². The molecule has 0 amide bonds. The average Bonchev–Trinajstić information content (AvgIpc) is 2.14. The number of thioether (sulfide) groups is 1. The van der Waals surface area contributed by atoms with Crippen molar-refractivity contribution in [1.82, 2.24) is 0 Å². The van der Waals surface area contributed by atoms with Gasteiger partial charge in [-0.25, -0.2) is 0 Å². The summed E-state index contributed by atoms with van der Waals surface area (Å²) in [4.78, 5) is 0. The van der Waals surface area contributed by atoms with Gasteiger partial charge in [-0.2, -0.15) is 17.0 Å². The van der Waals surface area contributed by atoms with E-state index in [-0.39, 0.29) is 0 Å². The molecule has 0 aromatic carbocycles. The van der Waals surface area contributed by atoms with Crippen molar-refractivity contribution in [3.05, 3.63) is 5.92 Å². The molecule has 0 atom stereocenters. The van der Waals surface area contributed by atoms with E-state index in [1.54, 1.807) is 0 Å². The van der Waals surface area contributed by atoms with Crippen molar-refractivity contribution >= 4 is 11.8 Å². The summed E-state index contributed by atoms with van der Waals surface area (Å²) in [6.07, 6.45) is 1.03. The second-order valence-electron chi connectivity index (χ2n) is 1.52. The summed E-state index contributed by atoms with van der Waals surface area (Å²) in [5.41, 5.74) is 0. The third kappa shape index (κ3) is 1.10. The minimum Gasteiger partial charge on any atom is -0.198 e. The van der Waals surface area contributed by atoms with Crippen LogP contribution in [0, 0.1) is 17.2 Å². The molecule has 1 saturated heterocycles. The van der Waals surface area contributed by atoms with Crippen LogP contribution in [0.25, 0.3) is 0 Å². The molecule has 7 heavy (non-hydrogen) atoms. The standard InChI is InChI=1S/C5H6NS/c6-3-5-1-2-7-4-5/h1-2,4H2. The third-order valence-corrected chi connectivity index (χ3v) is 2.03. The topological polar surface area (TPSA) is 23.8 Å². The van der Waals surface area contributed by atoms with Crippen LogP contribution in [0.3, 0.4) is 0 Å². The fraction of sp³-hybridized carbons (Fsp3) is 0.600. The molecule has 0 spiro atoms. The van der Waals surface area contributed by atoms with Crippen LogP contribution in [-0.2, 0) is 0 Å². The van der Waals surface area contributed by atoms with Crippen molar-refractivity contribution in [1.29, 1.82) is 5.26 Å². The number of hydrogen-bond acceptors (Lipinski definition) is 2. The van der Waals surface area contributed by atoms with E-state index in [0.29, 0.717) is 0 Å². The van der Waals surface area contributed by atoms with Gasteiger partial charge in [-0.15, -0.1) is 0 Å². The summed E-state index contributed by atoms with van der Waals surface area (Å²) in [6, 6.07) is 2.16. The molecule has 1 rings (SSSR count). The van der Waals surface area contributed by atoms with E-state index >= 15 is 0 Å². The number of hydrogen-bond donors (Lipinski definition) is 0. The summed E-state index contributed by atoms with van der Waals surface area (Å²) < 4.78 is 0. The highest BCUT2D eigenvalue weighted by atomic mass is 32.2. The van der Waals surface area contributed by atoms with Crippen LogP contribution in [0.4, 0.5) is 0 Å². The molecule has 0 aromatic heterocycles. The van der Waals surface area contributed by atoms with Gasteiger partial charge in [0.2, 0.25) is 0 Å². The van der Waals surface area contributed by atoms with Gasteiger partial charge in [0, 0.05) is 5.75 Å². The van der Waals surface area contributed by atoms with Gasteiger partial charge in [0.25, 0.3) is 0 Å². The van der Waals surface area contributed by atoms with Crippen molar-refractivity contribution in [3.63, 3.8) is 0 Å². The van der Waals surface area contributed by atoms with E-state index < -0.39 is 0 Å².